The first kappa shape index (κ1) is 10.2. The molecule has 0 aliphatic rings. The summed E-state index contributed by atoms with van der Waals surface area (Å²) in [5.41, 5.74) is -2.24. The average Bonchev–Trinajstić information content (AvgIpc) is 2.06. The van der Waals surface area contributed by atoms with Crippen LogP contribution in [0.15, 0.2) is 30.3 Å². The molecule has 0 aliphatic heterocycles. The van der Waals surface area contributed by atoms with Gasteiger partial charge in [-0.15, -0.1) is 0 Å². The molecule has 0 aliphatic carbocycles. The molecular weight excluding hydrogens is 211 g/mol. The van der Waals surface area contributed by atoms with Gasteiger partial charge in [0.15, 0.2) is 5.62 Å². The van der Waals surface area contributed by atoms with E-state index in [1.165, 1.54) is 0 Å². The summed E-state index contributed by atoms with van der Waals surface area (Å²) < 4.78 is 5.31. The molecule has 0 bridgehead atoms. The Balaban J connectivity index is 2.90. The normalized spacial score (nSPS) is 15.5. The van der Waals surface area contributed by atoms with Gasteiger partial charge in [0.1, 0.15) is 0 Å². The van der Waals surface area contributed by atoms with E-state index in [1.54, 1.807) is 0 Å². The molecule has 1 rings (SSSR count). The van der Waals surface area contributed by atoms with Crippen molar-refractivity contribution >= 4 is 34.0 Å². The van der Waals surface area contributed by atoms with Gasteiger partial charge in [-0.1, -0.05) is 41.6 Å². The summed E-state index contributed by atoms with van der Waals surface area (Å²) in [6, 6.07) is 9.57. The van der Waals surface area contributed by atoms with Crippen LogP contribution in [-0.4, -0.2) is 6.61 Å². The lowest BCUT2D eigenvalue weighted by atomic mass is 10.4. The summed E-state index contributed by atoms with van der Waals surface area (Å²) in [6.07, 6.45) is 0. The van der Waals surface area contributed by atoms with Crippen molar-refractivity contribution in [3.05, 3.63) is 30.3 Å². The van der Waals surface area contributed by atoms with Crippen molar-refractivity contribution in [3.8, 4) is 0 Å². The maximum Gasteiger partial charge on any atom is 0.180 e. The summed E-state index contributed by atoms with van der Waals surface area (Å²) in [4.78, 5) is 0. The number of rotatable bonds is 3. The molecule has 0 N–H and O–H groups in total. The van der Waals surface area contributed by atoms with Gasteiger partial charge in [0.25, 0.3) is 0 Å². The molecule has 4 heteroatoms. The van der Waals surface area contributed by atoms with Crippen LogP contribution in [-0.2, 0) is 16.3 Å². The lowest BCUT2D eigenvalue weighted by Crippen LogP contribution is -2.01. The first-order valence-corrected chi connectivity index (χ1v) is 7.29. The highest BCUT2D eigenvalue weighted by Crippen LogP contribution is 2.51. The average molecular weight is 221 g/mol. The van der Waals surface area contributed by atoms with Crippen molar-refractivity contribution in [2.24, 2.45) is 0 Å². The minimum Gasteiger partial charge on any atom is -0.335 e. The van der Waals surface area contributed by atoms with E-state index >= 15 is 0 Å². The summed E-state index contributed by atoms with van der Waals surface area (Å²) in [7, 11) is 0. The van der Waals surface area contributed by atoms with Gasteiger partial charge in [0.05, 0.1) is 6.61 Å². The van der Waals surface area contributed by atoms with Crippen molar-refractivity contribution < 1.29 is 4.52 Å². The molecular formula is C8H10ClOPS. The molecule has 0 fully saturated rings. The zero-order valence-corrected chi connectivity index (χ0v) is 9.20. The lowest BCUT2D eigenvalue weighted by Gasteiger charge is -2.13. The van der Waals surface area contributed by atoms with Crippen LogP contribution in [0.2, 0.25) is 0 Å². The van der Waals surface area contributed by atoms with Crippen LogP contribution in [0.5, 0.6) is 0 Å². The van der Waals surface area contributed by atoms with Crippen LogP contribution >= 0.6 is 16.9 Å². The second-order valence-electron chi connectivity index (χ2n) is 2.23. The van der Waals surface area contributed by atoms with E-state index in [2.05, 4.69) is 0 Å². The number of halogens is 1. The summed E-state index contributed by atoms with van der Waals surface area (Å²) in [6.45, 7) is 2.46. The molecule has 0 heterocycles. The first-order valence-electron chi connectivity index (χ1n) is 3.66. The minimum atomic E-state index is -2.24. The lowest BCUT2D eigenvalue weighted by molar-refractivity contribution is 0.389. The highest BCUT2D eigenvalue weighted by molar-refractivity contribution is 8.28. The zero-order valence-electron chi connectivity index (χ0n) is 6.74. The Morgan fingerprint density at radius 2 is 2.00 bits per heavy atom. The van der Waals surface area contributed by atoms with E-state index in [1.807, 2.05) is 37.3 Å². The van der Waals surface area contributed by atoms with Gasteiger partial charge in [-0.25, -0.2) is 0 Å². The Kier molecular flexibility index (Phi) is 3.73. The van der Waals surface area contributed by atoms with Crippen LogP contribution in [0.1, 0.15) is 6.92 Å². The molecule has 66 valence electrons. The molecule has 1 unspecified atom stereocenters. The smallest absolute Gasteiger partial charge is 0.180 e. The van der Waals surface area contributed by atoms with E-state index in [4.69, 9.17) is 27.6 Å². The Hall–Kier alpha value is 0.120. The third-order valence-electron chi connectivity index (χ3n) is 1.36. The predicted molar refractivity (Wildman–Crippen MR) is 57.8 cm³/mol. The molecule has 12 heavy (non-hydrogen) atoms. The minimum absolute atomic E-state index is 0.565. The maximum absolute atomic E-state index is 6.07. The monoisotopic (exact) mass is 220 g/mol. The van der Waals surface area contributed by atoms with E-state index in [0.717, 1.165) is 5.30 Å². The summed E-state index contributed by atoms with van der Waals surface area (Å²) in [5.74, 6) is 0. The van der Waals surface area contributed by atoms with Crippen molar-refractivity contribution in [1.29, 1.82) is 0 Å². The van der Waals surface area contributed by atoms with Crippen molar-refractivity contribution in [2.45, 2.75) is 6.92 Å². The highest BCUT2D eigenvalue weighted by atomic mass is 35.7. The van der Waals surface area contributed by atoms with Crippen LogP contribution in [0.3, 0.4) is 0 Å². The van der Waals surface area contributed by atoms with Crippen LogP contribution in [0.4, 0.5) is 0 Å². The molecule has 0 aromatic heterocycles. The second-order valence-corrected chi connectivity index (χ2v) is 7.54. The number of benzene rings is 1. The molecule has 0 spiro atoms. The third-order valence-corrected chi connectivity index (χ3v) is 4.69. The molecule has 1 nitrogen and oxygen atoms in total. The Bertz CT molecular complexity index is 288. The topological polar surface area (TPSA) is 9.23 Å². The van der Waals surface area contributed by atoms with Gasteiger partial charge in [0.2, 0.25) is 0 Å². The summed E-state index contributed by atoms with van der Waals surface area (Å²) in [5, 5.41) is 0.920. The fourth-order valence-electron chi connectivity index (χ4n) is 0.847. The fourth-order valence-corrected chi connectivity index (χ4v) is 3.17. The Labute approximate surface area is 82.6 Å². The Morgan fingerprint density at radius 3 is 2.50 bits per heavy atom. The maximum atomic E-state index is 6.07. The molecule has 0 amide bonds. The summed E-state index contributed by atoms with van der Waals surface area (Å²) >= 11 is 11.2. The van der Waals surface area contributed by atoms with Gasteiger partial charge in [-0.05, 0) is 18.7 Å². The Morgan fingerprint density at radius 1 is 1.42 bits per heavy atom. The largest absolute Gasteiger partial charge is 0.335 e. The molecule has 0 saturated carbocycles. The van der Waals surface area contributed by atoms with E-state index < -0.39 is 5.62 Å². The van der Waals surface area contributed by atoms with Crippen molar-refractivity contribution in [1.82, 2.24) is 0 Å². The highest BCUT2D eigenvalue weighted by Gasteiger charge is 2.14. The predicted octanol–water partition coefficient (Wildman–Crippen LogP) is 2.90. The zero-order chi connectivity index (χ0) is 9.03. The van der Waals surface area contributed by atoms with E-state index in [-0.39, 0.29) is 0 Å². The SMILES string of the molecule is CCOP(=S)(Cl)c1ccccc1. The van der Waals surface area contributed by atoms with Gasteiger partial charge in [0, 0.05) is 5.30 Å². The standard InChI is InChI=1S/C8H10ClOPS/c1-2-10-11(9,12)8-6-4-3-5-7-8/h3-7H,2H2,1H3. The molecule has 0 radical (unpaired) electrons. The van der Waals surface area contributed by atoms with Crippen LogP contribution in [0.25, 0.3) is 0 Å². The first-order chi connectivity index (χ1) is 5.67. The van der Waals surface area contributed by atoms with Gasteiger partial charge in [-0.2, -0.15) is 0 Å². The molecule has 1 aromatic carbocycles. The van der Waals surface area contributed by atoms with E-state index in [9.17, 15) is 0 Å². The quantitative estimate of drug-likeness (QED) is 0.725. The van der Waals surface area contributed by atoms with Crippen molar-refractivity contribution in [3.63, 3.8) is 0 Å². The molecule has 1 atom stereocenters. The third kappa shape index (κ3) is 2.56. The molecule has 0 saturated heterocycles. The molecule has 1 aromatic rings. The van der Waals surface area contributed by atoms with Crippen molar-refractivity contribution in [2.75, 3.05) is 6.61 Å². The number of hydrogen-bond acceptors (Lipinski definition) is 2. The van der Waals surface area contributed by atoms with E-state index in [0.29, 0.717) is 6.61 Å². The van der Waals surface area contributed by atoms with Crippen LogP contribution in [0, 0.1) is 0 Å². The van der Waals surface area contributed by atoms with Gasteiger partial charge in [-0.3, -0.25) is 0 Å². The van der Waals surface area contributed by atoms with Gasteiger partial charge >= 0.3 is 0 Å². The van der Waals surface area contributed by atoms with Gasteiger partial charge < -0.3 is 4.52 Å². The fraction of sp³-hybridized carbons (Fsp3) is 0.250. The van der Waals surface area contributed by atoms with Crippen LogP contribution < -0.4 is 5.30 Å². The number of hydrogen-bond donors (Lipinski definition) is 0. The second kappa shape index (κ2) is 4.38.